The minimum atomic E-state index is -0.0981. The highest BCUT2D eigenvalue weighted by molar-refractivity contribution is 5.93. The fourth-order valence-corrected chi connectivity index (χ4v) is 4.22. The van der Waals surface area contributed by atoms with Crippen LogP contribution in [0.1, 0.15) is 43.5 Å². The number of piperidine rings is 1. The van der Waals surface area contributed by atoms with Crippen molar-refractivity contribution in [1.82, 2.24) is 14.8 Å². The first-order valence-electron chi connectivity index (χ1n) is 10.9. The molecular formula is C24H33N5O2. The second kappa shape index (κ2) is 9.99. The van der Waals surface area contributed by atoms with Crippen molar-refractivity contribution in [1.29, 1.82) is 5.26 Å². The minimum absolute atomic E-state index is 0.0981. The molecule has 1 aliphatic heterocycles. The van der Waals surface area contributed by atoms with Gasteiger partial charge in [-0.15, -0.1) is 0 Å². The maximum absolute atomic E-state index is 12.9. The molecule has 0 radical (unpaired) electrons. The number of carbonyl (C=O) groups is 1. The van der Waals surface area contributed by atoms with Crippen LogP contribution in [-0.4, -0.2) is 54.2 Å². The quantitative estimate of drug-likeness (QED) is 0.713. The van der Waals surface area contributed by atoms with E-state index in [-0.39, 0.29) is 5.91 Å². The average Bonchev–Trinajstić information content (AvgIpc) is 2.98. The smallest absolute Gasteiger partial charge is 0.239 e. The van der Waals surface area contributed by atoms with Gasteiger partial charge in [-0.3, -0.25) is 14.3 Å². The van der Waals surface area contributed by atoms with Crippen molar-refractivity contribution in [2.75, 3.05) is 32.1 Å². The van der Waals surface area contributed by atoms with E-state index >= 15 is 0 Å². The van der Waals surface area contributed by atoms with E-state index in [1.165, 1.54) is 0 Å². The van der Waals surface area contributed by atoms with Gasteiger partial charge in [-0.1, -0.05) is 13.8 Å². The summed E-state index contributed by atoms with van der Waals surface area (Å²) in [6.07, 6.45) is 2.07. The highest BCUT2D eigenvalue weighted by atomic mass is 16.5. The van der Waals surface area contributed by atoms with Crippen LogP contribution in [0.2, 0.25) is 0 Å². The molecule has 0 spiro atoms. The van der Waals surface area contributed by atoms with Crippen molar-refractivity contribution in [3.8, 4) is 17.5 Å². The fraction of sp³-hybridized carbons (Fsp3) is 0.500. The van der Waals surface area contributed by atoms with Crippen LogP contribution in [0.3, 0.4) is 0 Å². The molecule has 3 rings (SSSR count). The molecule has 2 heterocycles. The molecule has 1 aromatic heterocycles. The van der Waals surface area contributed by atoms with E-state index in [9.17, 15) is 10.1 Å². The molecule has 0 aliphatic carbocycles. The normalized spacial score (nSPS) is 15.1. The second-order valence-corrected chi connectivity index (χ2v) is 8.50. The van der Waals surface area contributed by atoms with Crippen LogP contribution >= 0.6 is 0 Å². The molecule has 0 unspecified atom stereocenters. The Kier molecular flexibility index (Phi) is 7.37. The molecule has 1 fully saturated rings. The van der Waals surface area contributed by atoms with E-state index in [4.69, 9.17) is 4.74 Å². The summed E-state index contributed by atoms with van der Waals surface area (Å²) < 4.78 is 7.19. The van der Waals surface area contributed by atoms with Gasteiger partial charge in [0.15, 0.2) is 0 Å². The van der Waals surface area contributed by atoms with E-state index in [0.29, 0.717) is 30.0 Å². The Hall–Kier alpha value is -2.82. The zero-order valence-corrected chi connectivity index (χ0v) is 19.2. The van der Waals surface area contributed by atoms with Gasteiger partial charge in [0.05, 0.1) is 19.2 Å². The third-order valence-corrected chi connectivity index (χ3v) is 5.94. The molecule has 1 amide bonds. The first kappa shape index (κ1) is 22.9. The lowest BCUT2D eigenvalue weighted by molar-refractivity contribution is -0.117. The monoisotopic (exact) mass is 423 g/mol. The lowest BCUT2D eigenvalue weighted by atomic mass is 10.0. The number of nitrogens with zero attached hydrogens (tertiary/aromatic N) is 3. The van der Waals surface area contributed by atoms with Crippen molar-refractivity contribution in [3.63, 3.8) is 0 Å². The predicted octanol–water partition coefficient (Wildman–Crippen LogP) is 3.38. The van der Waals surface area contributed by atoms with Crippen LogP contribution in [0.4, 0.5) is 5.82 Å². The highest BCUT2D eigenvalue weighted by Crippen LogP contribution is 2.30. The molecule has 166 valence electrons. The number of methoxy groups -OCH3 is 1. The number of benzene rings is 1. The first-order chi connectivity index (χ1) is 14.8. The largest absolute Gasteiger partial charge is 0.497 e. The number of hydrogen-bond acceptors (Lipinski definition) is 5. The van der Waals surface area contributed by atoms with Crippen LogP contribution < -0.4 is 15.4 Å². The number of carbonyl (C=O) groups excluding carboxylic acids is 1. The van der Waals surface area contributed by atoms with Crippen molar-refractivity contribution < 1.29 is 9.53 Å². The Morgan fingerprint density at radius 3 is 2.42 bits per heavy atom. The molecule has 0 saturated carbocycles. The number of likely N-dealkylation sites (tertiary alicyclic amines) is 1. The molecule has 1 aromatic carbocycles. The summed E-state index contributed by atoms with van der Waals surface area (Å²) in [6, 6.07) is 10.9. The maximum atomic E-state index is 12.9. The van der Waals surface area contributed by atoms with E-state index < -0.39 is 0 Å². The number of nitriles is 1. The lowest BCUT2D eigenvalue weighted by Crippen LogP contribution is -2.46. The second-order valence-electron chi connectivity index (χ2n) is 8.50. The lowest BCUT2D eigenvalue weighted by Gasteiger charge is -2.33. The van der Waals surface area contributed by atoms with E-state index in [1.54, 1.807) is 7.11 Å². The van der Waals surface area contributed by atoms with Crippen LogP contribution in [0, 0.1) is 25.2 Å². The molecule has 7 nitrogen and oxygen atoms in total. The molecule has 1 aliphatic rings. The van der Waals surface area contributed by atoms with Crippen molar-refractivity contribution in [2.24, 2.45) is 0 Å². The number of rotatable bonds is 7. The summed E-state index contributed by atoms with van der Waals surface area (Å²) >= 11 is 0. The van der Waals surface area contributed by atoms with Crippen LogP contribution in [0.5, 0.6) is 5.75 Å². The third-order valence-electron chi connectivity index (χ3n) is 5.94. The SMILES string of the molecule is COc1ccc(-n2c(C)c(C)c(C#N)c2NC(=O)CN2CCC(NC(C)C)CC2)cc1. The van der Waals surface area contributed by atoms with E-state index in [1.807, 2.05) is 42.7 Å². The molecule has 1 saturated heterocycles. The van der Waals surface area contributed by atoms with Gasteiger partial charge in [0.1, 0.15) is 17.6 Å². The number of aromatic nitrogens is 1. The Labute approximate surface area is 185 Å². The molecule has 2 N–H and O–H groups in total. The molecule has 0 bridgehead atoms. The molecule has 31 heavy (non-hydrogen) atoms. The molecule has 7 heteroatoms. The van der Waals surface area contributed by atoms with Gasteiger partial charge in [-0.2, -0.15) is 5.26 Å². The first-order valence-corrected chi connectivity index (χ1v) is 10.9. The Bertz CT molecular complexity index is 948. The van der Waals surface area contributed by atoms with Crippen molar-refractivity contribution in [3.05, 3.63) is 41.1 Å². The van der Waals surface area contributed by atoms with Gasteiger partial charge < -0.3 is 15.4 Å². The standard InChI is InChI=1S/C24H33N5O2/c1-16(2)26-19-10-12-28(13-11-19)15-23(30)27-24-22(14-25)17(3)18(4)29(24)20-6-8-21(31-5)9-7-20/h6-9,16,19,26H,10-13,15H2,1-5H3,(H,27,30). The maximum Gasteiger partial charge on any atom is 0.239 e. The molecular weight excluding hydrogens is 390 g/mol. The highest BCUT2D eigenvalue weighted by Gasteiger charge is 2.24. The Morgan fingerprint density at radius 1 is 1.23 bits per heavy atom. The van der Waals surface area contributed by atoms with Gasteiger partial charge in [0.25, 0.3) is 0 Å². The van der Waals surface area contributed by atoms with Crippen LogP contribution in [-0.2, 0) is 4.79 Å². The molecule has 0 atom stereocenters. The van der Waals surface area contributed by atoms with Crippen LogP contribution in [0.15, 0.2) is 24.3 Å². The van der Waals surface area contributed by atoms with Crippen molar-refractivity contribution >= 4 is 11.7 Å². The molecule has 2 aromatic rings. The summed E-state index contributed by atoms with van der Waals surface area (Å²) in [7, 11) is 1.63. The van der Waals surface area contributed by atoms with Gasteiger partial charge in [0.2, 0.25) is 5.91 Å². The number of anilines is 1. The summed E-state index contributed by atoms with van der Waals surface area (Å²) in [4.78, 5) is 15.1. The summed E-state index contributed by atoms with van der Waals surface area (Å²) in [5.74, 6) is 1.19. The van der Waals surface area contributed by atoms with Crippen molar-refractivity contribution in [2.45, 2.75) is 52.6 Å². The number of amides is 1. The van der Waals surface area contributed by atoms with Crippen LogP contribution in [0.25, 0.3) is 5.69 Å². The minimum Gasteiger partial charge on any atom is -0.497 e. The summed E-state index contributed by atoms with van der Waals surface area (Å²) in [5, 5.41) is 16.3. The fourth-order valence-electron chi connectivity index (χ4n) is 4.22. The number of ether oxygens (including phenoxy) is 1. The van der Waals surface area contributed by atoms with Gasteiger partial charge in [-0.25, -0.2) is 0 Å². The number of nitrogens with one attached hydrogen (secondary N) is 2. The average molecular weight is 424 g/mol. The van der Waals surface area contributed by atoms with Gasteiger partial charge in [0, 0.05) is 36.6 Å². The topological polar surface area (TPSA) is 82.3 Å². The Morgan fingerprint density at radius 2 is 1.87 bits per heavy atom. The van der Waals surface area contributed by atoms with Gasteiger partial charge in [-0.05, 0) is 56.5 Å². The summed E-state index contributed by atoms with van der Waals surface area (Å²) in [5.41, 5.74) is 3.17. The number of hydrogen-bond donors (Lipinski definition) is 2. The van der Waals surface area contributed by atoms with E-state index in [0.717, 1.165) is 48.6 Å². The third kappa shape index (κ3) is 5.27. The summed E-state index contributed by atoms with van der Waals surface area (Å²) in [6.45, 7) is 10.3. The van der Waals surface area contributed by atoms with Gasteiger partial charge >= 0.3 is 0 Å². The van der Waals surface area contributed by atoms with E-state index in [2.05, 4.69) is 35.5 Å². The zero-order chi connectivity index (χ0) is 22.5. The predicted molar refractivity (Wildman–Crippen MR) is 123 cm³/mol. The zero-order valence-electron chi connectivity index (χ0n) is 19.2. The Balaban J connectivity index is 1.75.